The van der Waals surface area contributed by atoms with Crippen LogP contribution in [0.5, 0.6) is 0 Å². The smallest absolute Gasteiger partial charge is 0.0734 e. The van der Waals surface area contributed by atoms with E-state index >= 15 is 0 Å². The van der Waals surface area contributed by atoms with Gasteiger partial charge in [0.1, 0.15) is 0 Å². The summed E-state index contributed by atoms with van der Waals surface area (Å²) in [5.74, 6) is 0.250. The Morgan fingerprint density at radius 1 is 0.577 bits per heavy atom. The number of rotatable bonds is 2. The molecule has 1 aliphatic carbocycles. The van der Waals surface area contributed by atoms with E-state index in [2.05, 4.69) is 85.8 Å². The van der Waals surface area contributed by atoms with Crippen LogP contribution in [0.3, 0.4) is 0 Å². The van der Waals surface area contributed by atoms with Gasteiger partial charge in [0.15, 0.2) is 0 Å². The second-order valence-corrected chi connectivity index (χ2v) is 6.86. The van der Waals surface area contributed by atoms with Gasteiger partial charge in [-0.25, -0.2) is 0 Å². The number of benzene rings is 3. The summed E-state index contributed by atoms with van der Waals surface area (Å²) >= 11 is 0. The molecule has 0 unspecified atom stereocenters. The van der Waals surface area contributed by atoms with Crippen molar-refractivity contribution in [2.24, 2.45) is 0 Å². The predicted molar refractivity (Wildman–Crippen MR) is 107 cm³/mol. The fourth-order valence-corrected chi connectivity index (χ4v) is 4.22. The van der Waals surface area contributed by atoms with Crippen molar-refractivity contribution in [3.05, 3.63) is 113 Å². The maximum Gasteiger partial charge on any atom is 0.0734 e. The monoisotopic (exact) mass is 333 g/mol. The van der Waals surface area contributed by atoms with Crippen molar-refractivity contribution < 1.29 is 0 Å². The average Bonchev–Trinajstić information content (AvgIpc) is 3.03. The van der Waals surface area contributed by atoms with Crippen LogP contribution in [-0.4, -0.2) is 4.98 Å². The third-order valence-corrected chi connectivity index (χ3v) is 5.37. The molecule has 0 aliphatic heterocycles. The van der Waals surface area contributed by atoms with Crippen molar-refractivity contribution >= 4 is 0 Å². The molecule has 0 amide bonds. The molecule has 124 valence electrons. The van der Waals surface area contributed by atoms with E-state index in [9.17, 15) is 0 Å². The first-order valence-electron chi connectivity index (χ1n) is 9.04. The summed E-state index contributed by atoms with van der Waals surface area (Å²) < 4.78 is 0. The lowest BCUT2D eigenvalue weighted by molar-refractivity contribution is 1.01. The van der Waals surface area contributed by atoms with Crippen LogP contribution in [0.1, 0.15) is 28.2 Å². The van der Waals surface area contributed by atoms with Gasteiger partial charge in [0.05, 0.1) is 5.69 Å². The van der Waals surface area contributed by atoms with Gasteiger partial charge in [-0.1, -0.05) is 78.9 Å². The number of nitrogens with zero attached hydrogens (tertiary/aromatic N) is 1. The van der Waals surface area contributed by atoms with Gasteiger partial charge in [-0.2, -0.15) is 0 Å². The Labute approximate surface area is 154 Å². The predicted octanol–water partition coefficient (Wildman–Crippen LogP) is 6.22. The van der Waals surface area contributed by atoms with E-state index in [4.69, 9.17) is 4.98 Å². The molecule has 0 bridgehead atoms. The summed E-state index contributed by atoms with van der Waals surface area (Å²) in [6.45, 7) is 2.13. The van der Waals surface area contributed by atoms with Gasteiger partial charge in [-0.05, 0) is 46.4 Å². The molecule has 1 heteroatoms. The summed E-state index contributed by atoms with van der Waals surface area (Å²) in [6.07, 6.45) is 1.88. The van der Waals surface area contributed by atoms with Gasteiger partial charge in [0, 0.05) is 17.7 Å². The molecular weight excluding hydrogens is 314 g/mol. The minimum absolute atomic E-state index is 0.250. The van der Waals surface area contributed by atoms with Gasteiger partial charge >= 0.3 is 0 Å². The first-order valence-corrected chi connectivity index (χ1v) is 9.04. The Bertz CT molecular complexity index is 1060. The zero-order chi connectivity index (χ0) is 17.5. The van der Waals surface area contributed by atoms with Gasteiger partial charge < -0.3 is 0 Å². The van der Waals surface area contributed by atoms with Crippen LogP contribution in [0.4, 0.5) is 0 Å². The summed E-state index contributed by atoms with van der Waals surface area (Å²) in [7, 11) is 0. The number of hydrogen-bond donors (Lipinski definition) is 0. The quantitative estimate of drug-likeness (QED) is 0.374. The number of aromatic nitrogens is 1. The van der Waals surface area contributed by atoms with Crippen molar-refractivity contribution in [1.29, 1.82) is 0 Å². The lowest BCUT2D eigenvalue weighted by Crippen LogP contribution is -2.02. The molecule has 26 heavy (non-hydrogen) atoms. The molecular formula is C25H19N. The Kier molecular flexibility index (Phi) is 3.46. The second kappa shape index (κ2) is 5.96. The standard InChI is InChI=1S/C25H19N/c1-17-9-8-16-26-25(17)23-15-7-6-14-22(23)24-20-12-4-2-10-18(20)19-11-3-5-13-21(19)24/h2-16,24H,1H3. The lowest BCUT2D eigenvalue weighted by atomic mass is 9.85. The molecule has 4 aromatic rings. The maximum atomic E-state index is 4.69. The molecule has 1 heterocycles. The van der Waals surface area contributed by atoms with E-state index in [-0.39, 0.29) is 5.92 Å². The van der Waals surface area contributed by atoms with E-state index in [1.807, 2.05) is 12.3 Å². The molecule has 1 aliphatic rings. The molecule has 3 aromatic carbocycles. The van der Waals surface area contributed by atoms with Gasteiger partial charge in [0.2, 0.25) is 0 Å². The van der Waals surface area contributed by atoms with E-state index in [1.165, 1.54) is 38.9 Å². The summed E-state index contributed by atoms with van der Waals surface area (Å²) in [5, 5.41) is 0. The van der Waals surface area contributed by atoms with Crippen LogP contribution in [0.2, 0.25) is 0 Å². The van der Waals surface area contributed by atoms with E-state index in [0.29, 0.717) is 0 Å². The van der Waals surface area contributed by atoms with E-state index in [0.717, 1.165) is 5.69 Å². The molecule has 5 rings (SSSR count). The summed E-state index contributed by atoms with van der Waals surface area (Å²) in [4.78, 5) is 4.69. The molecule has 0 atom stereocenters. The largest absolute Gasteiger partial charge is 0.256 e. The first kappa shape index (κ1) is 15.1. The second-order valence-electron chi connectivity index (χ2n) is 6.86. The van der Waals surface area contributed by atoms with Crippen LogP contribution in [0.25, 0.3) is 22.4 Å². The zero-order valence-electron chi connectivity index (χ0n) is 14.7. The van der Waals surface area contributed by atoms with Crippen molar-refractivity contribution in [3.8, 4) is 22.4 Å². The number of pyridine rings is 1. The highest BCUT2D eigenvalue weighted by Crippen LogP contribution is 2.49. The van der Waals surface area contributed by atoms with Gasteiger partial charge in [0.25, 0.3) is 0 Å². The maximum absolute atomic E-state index is 4.69. The number of aryl methyl sites for hydroxylation is 1. The molecule has 0 saturated carbocycles. The van der Waals surface area contributed by atoms with Gasteiger partial charge in [-0.3, -0.25) is 4.98 Å². The topological polar surface area (TPSA) is 12.9 Å². The normalized spacial score (nSPS) is 12.7. The number of fused-ring (bicyclic) bond motifs is 3. The lowest BCUT2D eigenvalue weighted by Gasteiger charge is -2.19. The van der Waals surface area contributed by atoms with Crippen molar-refractivity contribution in [3.63, 3.8) is 0 Å². The molecule has 0 saturated heterocycles. The highest BCUT2D eigenvalue weighted by Gasteiger charge is 2.31. The minimum Gasteiger partial charge on any atom is -0.256 e. The van der Waals surface area contributed by atoms with Crippen LogP contribution < -0.4 is 0 Å². The molecule has 0 fully saturated rings. The first-order chi connectivity index (χ1) is 12.8. The highest BCUT2D eigenvalue weighted by molar-refractivity contribution is 5.83. The SMILES string of the molecule is Cc1cccnc1-c1ccccc1C1c2ccccc2-c2ccccc21. The Balaban J connectivity index is 1.79. The Morgan fingerprint density at radius 2 is 1.08 bits per heavy atom. The molecule has 0 radical (unpaired) electrons. The van der Waals surface area contributed by atoms with E-state index in [1.54, 1.807) is 0 Å². The third kappa shape index (κ3) is 2.21. The van der Waals surface area contributed by atoms with E-state index < -0.39 is 0 Å². The number of hydrogen-bond acceptors (Lipinski definition) is 1. The molecule has 1 aromatic heterocycles. The Morgan fingerprint density at radius 3 is 1.65 bits per heavy atom. The summed E-state index contributed by atoms with van der Waals surface area (Å²) in [6, 6.07) is 30.4. The van der Waals surface area contributed by atoms with Crippen LogP contribution in [-0.2, 0) is 0 Å². The zero-order valence-corrected chi connectivity index (χ0v) is 14.7. The Hall–Kier alpha value is -3.19. The van der Waals surface area contributed by atoms with Crippen molar-refractivity contribution in [1.82, 2.24) is 4.98 Å². The van der Waals surface area contributed by atoms with Crippen molar-refractivity contribution in [2.45, 2.75) is 12.8 Å². The highest BCUT2D eigenvalue weighted by atomic mass is 14.7. The fourth-order valence-electron chi connectivity index (χ4n) is 4.22. The third-order valence-electron chi connectivity index (χ3n) is 5.37. The molecule has 1 nitrogen and oxygen atoms in total. The average molecular weight is 333 g/mol. The minimum atomic E-state index is 0.250. The van der Waals surface area contributed by atoms with Crippen molar-refractivity contribution in [2.75, 3.05) is 0 Å². The van der Waals surface area contributed by atoms with Crippen LogP contribution in [0, 0.1) is 6.92 Å². The molecule has 0 N–H and O–H groups in total. The molecule has 0 spiro atoms. The van der Waals surface area contributed by atoms with Crippen LogP contribution in [0.15, 0.2) is 91.1 Å². The van der Waals surface area contributed by atoms with Crippen LogP contribution >= 0.6 is 0 Å². The summed E-state index contributed by atoms with van der Waals surface area (Å²) in [5.41, 5.74) is 10.3. The fraction of sp³-hybridized carbons (Fsp3) is 0.0800. The van der Waals surface area contributed by atoms with Gasteiger partial charge in [-0.15, -0.1) is 0 Å².